The summed E-state index contributed by atoms with van der Waals surface area (Å²) in [5.74, 6) is 0.735. The van der Waals surface area contributed by atoms with Crippen molar-refractivity contribution < 1.29 is 4.74 Å². The Morgan fingerprint density at radius 1 is 1.10 bits per heavy atom. The summed E-state index contributed by atoms with van der Waals surface area (Å²) in [5, 5.41) is 6.76. The molecule has 0 saturated heterocycles. The van der Waals surface area contributed by atoms with Gasteiger partial charge in [0, 0.05) is 22.1 Å². The molecule has 1 aromatic heterocycles. The molecule has 3 N–H and O–H groups in total. The largest absolute Gasteiger partial charge is 0.491 e. The third-order valence-electron chi connectivity index (χ3n) is 3.22. The lowest BCUT2D eigenvalue weighted by atomic mass is 10.2. The van der Waals surface area contributed by atoms with Crippen molar-refractivity contribution in [2.75, 3.05) is 17.7 Å². The van der Waals surface area contributed by atoms with Crippen LogP contribution in [0.3, 0.4) is 0 Å². The van der Waals surface area contributed by atoms with Crippen molar-refractivity contribution in [2.24, 2.45) is 0 Å². The molecule has 21 heavy (non-hydrogen) atoms. The number of thiophene rings is 1. The smallest absolute Gasteiger partial charge is 0.144 e. The van der Waals surface area contributed by atoms with Crippen LogP contribution in [0.4, 0.5) is 17.1 Å². The van der Waals surface area contributed by atoms with Gasteiger partial charge in [0.25, 0.3) is 0 Å². The number of benzene rings is 2. The van der Waals surface area contributed by atoms with Crippen LogP contribution < -0.4 is 15.8 Å². The molecular weight excluding hydrogens is 280 g/mol. The van der Waals surface area contributed by atoms with E-state index in [9.17, 15) is 0 Å². The van der Waals surface area contributed by atoms with Gasteiger partial charge in [-0.25, -0.2) is 0 Å². The highest BCUT2D eigenvalue weighted by Gasteiger charge is 2.03. The monoisotopic (exact) mass is 298 g/mol. The van der Waals surface area contributed by atoms with Gasteiger partial charge in [-0.15, -0.1) is 11.3 Å². The highest BCUT2D eigenvalue weighted by molar-refractivity contribution is 7.17. The van der Waals surface area contributed by atoms with Gasteiger partial charge in [0.2, 0.25) is 0 Å². The quantitative estimate of drug-likeness (QED) is 0.650. The summed E-state index contributed by atoms with van der Waals surface area (Å²) in [6.07, 6.45) is 0.964. The first kappa shape index (κ1) is 13.8. The molecule has 2 aromatic carbocycles. The SMILES string of the molecule is CCCOc1cc(Nc2ccc3sccc3c2)ccc1N. The molecule has 0 amide bonds. The number of anilines is 3. The molecule has 0 radical (unpaired) electrons. The van der Waals surface area contributed by atoms with E-state index in [1.54, 1.807) is 11.3 Å². The molecule has 108 valence electrons. The van der Waals surface area contributed by atoms with E-state index in [1.165, 1.54) is 10.1 Å². The zero-order valence-electron chi connectivity index (χ0n) is 11.9. The highest BCUT2D eigenvalue weighted by atomic mass is 32.1. The van der Waals surface area contributed by atoms with E-state index in [-0.39, 0.29) is 0 Å². The molecule has 3 nitrogen and oxygen atoms in total. The number of fused-ring (bicyclic) bond motifs is 1. The predicted octanol–water partition coefficient (Wildman–Crippen LogP) is 5.02. The number of nitrogens with one attached hydrogen (secondary N) is 1. The maximum atomic E-state index is 5.93. The molecule has 3 rings (SSSR count). The summed E-state index contributed by atoms with van der Waals surface area (Å²) in [4.78, 5) is 0. The summed E-state index contributed by atoms with van der Waals surface area (Å²) in [6.45, 7) is 2.75. The van der Waals surface area contributed by atoms with Gasteiger partial charge in [0.05, 0.1) is 12.3 Å². The van der Waals surface area contributed by atoms with Crippen LogP contribution in [0.25, 0.3) is 10.1 Å². The van der Waals surface area contributed by atoms with Crippen molar-refractivity contribution in [1.29, 1.82) is 0 Å². The Bertz CT molecular complexity index is 751. The summed E-state index contributed by atoms with van der Waals surface area (Å²) in [7, 11) is 0. The van der Waals surface area contributed by atoms with Crippen molar-refractivity contribution in [1.82, 2.24) is 0 Å². The molecule has 0 fully saturated rings. The van der Waals surface area contributed by atoms with Crippen LogP contribution in [0, 0.1) is 0 Å². The minimum absolute atomic E-state index is 0.669. The number of hydrogen-bond donors (Lipinski definition) is 2. The fourth-order valence-corrected chi connectivity index (χ4v) is 2.93. The first-order valence-corrected chi connectivity index (χ1v) is 7.91. The topological polar surface area (TPSA) is 47.3 Å². The van der Waals surface area contributed by atoms with Gasteiger partial charge in [-0.05, 0) is 53.6 Å². The Morgan fingerprint density at radius 3 is 2.76 bits per heavy atom. The van der Waals surface area contributed by atoms with Crippen LogP contribution in [0.5, 0.6) is 5.75 Å². The van der Waals surface area contributed by atoms with E-state index in [4.69, 9.17) is 10.5 Å². The average Bonchev–Trinajstić information content (AvgIpc) is 2.95. The second kappa shape index (κ2) is 6.06. The Morgan fingerprint density at radius 2 is 1.90 bits per heavy atom. The zero-order valence-corrected chi connectivity index (χ0v) is 12.7. The van der Waals surface area contributed by atoms with Gasteiger partial charge in [0.1, 0.15) is 5.75 Å². The van der Waals surface area contributed by atoms with Gasteiger partial charge in [-0.1, -0.05) is 6.92 Å². The number of nitrogens with two attached hydrogens (primary N) is 1. The van der Waals surface area contributed by atoms with Crippen LogP contribution in [-0.2, 0) is 0 Å². The van der Waals surface area contributed by atoms with Crippen LogP contribution >= 0.6 is 11.3 Å². The van der Waals surface area contributed by atoms with E-state index in [1.807, 2.05) is 18.2 Å². The zero-order chi connectivity index (χ0) is 14.7. The van der Waals surface area contributed by atoms with Crippen molar-refractivity contribution in [3.05, 3.63) is 47.8 Å². The summed E-state index contributed by atoms with van der Waals surface area (Å²) in [5.41, 5.74) is 8.64. The predicted molar refractivity (Wildman–Crippen MR) is 91.7 cm³/mol. The third-order valence-corrected chi connectivity index (χ3v) is 4.11. The van der Waals surface area contributed by atoms with Gasteiger partial charge in [-0.2, -0.15) is 0 Å². The van der Waals surface area contributed by atoms with Gasteiger partial charge < -0.3 is 15.8 Å². The second-order valence-corrected chi connectivity index (χ2v) is 5.85. The minimum Gasteiger partial charge on any atom is -0.491 e. The molecule has 0 spiro atoms. The lowest BCUT2D eigenvalue weighted by molar-refractivity contribution is 0.319. The Labute approximate surface area is 128 Å². The number of hydrogen-bond acceptors (Lipinski definition) is 4. The molecule has 0 saturated carbocycles. The molecule has 0 aliphatic heterocycles. The van der Waals surface area contributed by atoms with Crippen molar-refractivity contribution in [3.63, 3.8) is 0 Å². The van der Waals surface area contributed by atoms with E-state index in [2.05, 4.69) is 41.9 Å². The van der Waals surface area contributed by atoms with Crippen LogP contribution in [0.15, 0.2) is 47.8 Å². The van der Waals surface area contributed by atoms with Crippen molar-refractivity contribution >= 4 is 38.5 Å². The molecule has 0 unspecified atom stereocenters. The lowest BCUT2D eigenvalue weighted by Crippen LogP contribution is -2.00. The summed E-state index contributed by atoms with van der Waals surface area (Å²) >= 11 is 1.75. The van der Waals surface area contributed by atoms with Crippen molar-refractivity contribution in [3.8, 4) is 5.75 Å². The van der Waals surface area contributed by atoms with Gasteiger partial charge >= 0.3 is 0 Å². The second-order valence-electron chi connectivity index (χ2n) is 4.90. The molecular formula is C17H18N2OS. The van der Waals surface area contributed by atoms with E-state index in [0.717, 1.165) is 23.5 Å². The highest BCUT2D eigenvalue weighted by Crippen LogP contribution is 2.29. The maximum Gasteiger partial charge on any atom is 0.144 e. The lowest BCUT2D eigenvalue weighted by Gasteiger charge is -2.12. The molecule has 3 aromatic rings. The van der Waals surface area contributed by atoms with Crippen molar-refractivity contribution in [2.45, 2.75) is 13.3 Å². The summed E-state index contributed by atoms with van der Waals surface area (Å²) in [6, 6.07) is 14.3. The fourth-order valence-electron chi connectivity index (χ4n) is 2.16. The Balaban J connectivity index is 1.83. The van der Waals surface area contributed by atoms with Crippen LogP contribution in [0.1, 0.15) is 13.3 Å². The Kier molecular flexibility index (Phi) is 3.97. The average molecular weight is 298 g/mol. The standard InChI is InChI=1S/C17H18N2OS/c1-2-8-20-16-11-14(3-5-15(16)18)19-13-4-6-17-12(10-13)7-9-21-17/h3-7,9-11,19H,2,8,18H2,1H3. The molecule has 0 aliphatic carbocycles. The minimum atomic E-state index is 0.669. The molecule has 4 heteroatoms. The normalized spacial score (nSPS) is 10.7. The van der Waals surface area contributed by atoms with E-state index in [0.29, 0.717) is 12.3 Å². The van der Waals surface area contributed by atoms with Gasteiger partial charge in [0.15, 0.2) is 0 Å². The number of rotatable bonds is 5. The number of nitrogen functional groups attached to an aromatic ring is 1. The molecule has 0 bridgehead atoms. The first-order chi connectivity index (χ1) is 10.3. The maximum absolute atomic E-state index is 5.93. The first-order valence-electron chi connectivity index (χ1n) is 7.03. The molecule has 1 heterocycles. The van der Waals surface area contributed by atoms with Crippen LogP contribution in [0.2, 0.25) is 0 Å². The van der Waals surface area contributed by atoms with Gasteiger partial charge in [-0.3, -0.25) is 0 Å². The van der Waals surface area contributed by atoms with Crippen LogP contribution in [-0.4, -0.2) is 6.61 Å². The third kappa shape index (κ3) is 3.11. The summed E-state index contributed by atoms with van der Waals surface area (Å²) < 4.78 is 6.95. The fraction of sp³-hybridized carbons (Fsp3) is 0.176. The molecule has 0 atom stereocenters. The molecule has 0 aliphatic rings. The van der Waals surface area contributed by atoms with E-state index >= 15 is 0 Å². The van der Waals surface area contributed by atoms with E-state index < -0.39 is 0 Å². The number of ether oxygens (including phenoxy) is 1. The Hall–Kier alpha value is -2.20.